The van der Waals surface area contributed by atoms with Crippen LogP contribution in [-0.4, -0.2) is 23.7 Å². The van der Waals surface area contributed by atoms with Crippen molar-refractivity contribution in [1.82, 2.24) is 10.3 Å². The first-order valence-corrected chi connectivity index (χ1v) is 7.72. The number of rotatable bonds is 4. The van der Waals surface area contributed by atoms with Crippen LogP contribution in [0.1, 0.15) is 50.8 Å². The minimum atomic E-state index is -0.201. The van der Waals surface area contributed by atoms with E-state index >= 15 is 0 Å². The molecular weight excluding hydrogens is 255 g/mol. The third-order valence-corrected chi connectivity index (χ3v) is 4.77. The standard InChI is InChI=1S/C16H23FN2O/c1-2-18-14(15-13(17)5-3-9-19-15)12-6-10-20-16(11-12)7-4-8-16/h3,5,9,12,14,18H,2,4,6-8,10-11H2,1H3. The van der Waals surface area contributed by atoms with Gasteiger partial charge in [-0.25, -0.2) is 4.39 Å². The van der Waals surface area contributed by atoms with Gasteiger partial charge in [0.25, 0.3) is 0 Å². The average molecular weight is 278 g/mol. The monoisotopic (exact) mass is 278 g/mol. The van der Waals surface area contributed by atoms with Crippen molar-refractivity contribution in [2.24, 2.45) is 5.92 Å². The Hall–Kier alpha value is -1.00. The van der Waals surface area contributed by atoms with Crippen LogP contribution < -0.4 is 5.32 Å². The summed E-state index contributed by atoms with van der Waals surface area (Å²) >= 11 is 0. The summed E-state index contributed by atoms with van der Waals surface area (Å²) in [5.41, 5.74) is 0.651. The summed E-state index contributed by atoms with van der Waals surface area (Å²) in [5, 5.41) is 3.44. The SMILES string of the molecule is CCNC(c1ncccc1F)C1CCOC2(CCC2)C1. The molecular formula is C16H23FN2O. The Morgan fingerprint density at radius 2 is 2.40 bits per heavy atom. The number of pyridine rings is 1. The summed E-state index contributed by atoms with van der Waals surface area (Å²) < 4.78 is 20.1. The normalized spacial score (nSPS) is 26.2. The second kappa shape index (κ2) is 5.78. The second-order valence-corrected chi connectivity index (χ2v) is 6.04. The summed E-state index contributed by atoms with van der Waals surface area (Å²) in [7, 11) is 0. The summed E-state index contributed by atoms with van der Waals surface area (Å²) in [6.45, 7) is 3.68. The smallest absolute Gasteiger partial charge is 0.146 e. The van der Waals surface area contributed by atoms with Crippen LogP contribution in [0.3, 0.4) is 0 Å². The van der Waals surface area contributed by atoms with Crippen molar-refractivity contribution in [3.8, 4) is 0 Å². The molecule has 0 bridgehead atoms. The fourth-order valence-electron chi connectivity index (χ4n) is 3.60. The molecule has 20 heavy (non-hydrogen) atoms. The summed E-state index contributed by atoms with van der Waals surface area (Å²) in [4.78, 5) is 4.29. The van der Waals surface area contributed by atoms with Gasteiger partial charge in [0.05, 0.1) is 17.3 Å². The zero-order chi connectivity index (χ0) is 14.0. The van der Waals surface area contributed by atoms with Gasteiger partial charge in [0.2, 0.25) is 0 Å². The van der Waals surface area contributed by atoms with E-state index in [1.807, 2.05) is 0 Å². The molecule has 0 radical (unpaired) electrons. The van der Waals surface area contributed by atoms with E-state index < -0.39 is 0 Å². The third kappa shape index (κ3) is 2.59. The highest BCUT2D eigenvalue weighted by Gasteiger charge is 2.44. The number of ether oxygens (including phenoxy) is 1. The maximum absolute atomic E-state index is 14.1. The Kier molecular flexibility index (Phi) is 4.03. The van der Waals surface area contributed by atoms with Crippen LogP contribution in [0, 0.1) is 11.7 Å². The van der Waals surface area contributed by atoms with Crippen molar-refractivity contribution in [1.29, 1.82) is 0 Å². The lowest BCUT2D eigenvalue weighted by Crippen LogP contribution is -2.48. The highest BCUT2D eigenvalue weighted by molar-refractivity contribution is 5.14. The van der Waals surface area contributed by atoms with Gasteiger partial charge in [-0.2, -0.15) is 0 Å². The van der Waals surface area contributed by atoms with Gasteiger partial charge >= 0.3 is 0 Å². The van der Waals surface area contributed by atoms with Gasteiger partial charge in [0, 0.05) is 12.8 Å². The van der Waals surface area contributed by atoms with Crippen LogP contribution in [0.5, 0.6) is 0 Å². The quantitative estimate of drug-likeness (QED) is 0.918. The predicted molar refractivity (Wildman–Crippen MR) is 75.9 cm³/mol. The first-order chi connectivity index (χ1) is 9.74. The number of aromatic nitrogens is 1. The van der Waals surface area contributed by atoms with Crippen molar-refractivity contribution in [2.75, 3.05) is 13.2 Å². The molecule has 4 heteroatoms. The van der Waals surface area contributed by atoms with Gasteiger partial charge in [-0.3, -0.25) is 4.98 Å². The number of hydrogen-bond donors (Lipinski definition) is 1. The molecule has 1 aromatic rings. The largest absolute Gasteiger partial charge is 0.375 e. The highest BCUT2D eigenvalue weighted by Crippen LogP contribution is 2.47. The molecule has 1 spiro atoms. The van der Waals surface area contributed by atoms with E-state index in [4.69, 9.17) is 4.74 Å². The van der Waals surface area contributed by atoms with Gasteiger partial charge in [0.1, 0.15) is 5.82 Å². The number of nitrogens with zero attached hydrogens (tertiary/aromatic N) is 1. The van der Waals surface area contributed by atoms with Crippen LogP contribution in [0.25, 0.3) is 0 Å². The predicted octanol–water partition coefficient (Wildman–Crippen LogP) is 3.22. The molecule has 2 unspecified atom stereocenters. The topological polar surface area (TPSA) is 34.2 Å². The number of nitrogens with one attached hydrogen (secondary N) is 1. The van der Waals surface area contributed by atoms with Crippen molar-refractivity contribution < 1.29 is 9.13 Å². The Bertz CT molecular complexity index is 462. The van der Waals surface area contributed by atoms with E-state index in [1.54, 1.807) is 12.3 Å². The summed E-state index contributed by atoms with van der Waals surface area (Å²) in [6, 6.07) is 3.16. The molecule has 3 nitrogen and oxygen atoms in total. The van der Waals surface area contributed by atoms with E-state index in [1.165, 1.54) is 12.5 Å². The minimum absolute atomic E-state index is 0.00238. The summed E-state index contributed by atoms with van der Waals surface area (Å²) in [6.07, 6.45) is 7.27. The maximum atomic E-state index is 14.1. The molecule has 1 aliphatic heterocycles. The molecule has 1 aliphatic carbocycles. The zero-order valence-electron chi connectivity index (χ0n) is 12.1. The van der Waals surface area contributed by atoms with Gasteiger partial charge < -0.3 is 10.1 Å². The number of halogens is 1. The van der Waals surface area contributed by atoms with Crippen molar-refractivity contribution in [2.45, 2.75) is 50.7 Å². The average Bonchev–Trinajstić information content (AvgIpc) is 2.44. The van der Waals surface area contributed by atoms with Crippen molar-refractivity contribution >= 4 is 0 Å². The minimum Gasteiger partial charge on any atom is -0.375 e. The molecule has 0 aromatic carbocycles. The van der Waals surface area contributed by atoms with E-state index in [9.17, 15) is 4.39 Å². The third-order valence-electron chi connectivity index (χ3n) is 4.77. The lowest BCUT2D eigenvalue weighted by Gasteiger charge is -2.48. The lowest BCUT2D eigenvalue weighted by atomic mass is 9.70. The number of hydrogen-bond acceptors (Lipinski definition) is 3. The fourth-order valence-corrected chi connectivity index (χ4v) is 3.60. The highest BCUT2D eigenvalue weighted by atomic mass is 19.1. The summed E-state index contributed by atoms with van der Waals surface area (Å²) in [5.74, 6) is 0.209. The van der Waals surface area contributed by atoms with Gasteiger partial charge in [-0.05, 0) is 56.7 Å². The van der Waals surface area contributed by atoms with Crippen LogP contribution in [0.2, 0.25) is 0 Å². The fraction of sp³-hybridized carbons (Fsp3) is 0.688. The van der Waals surface area contributed by atoms with E-state index in [0.29, 0.717) is 11.6 Å². The Morgan fingerprint density at radius 1 is 1.55 bits per heavy atom. The molecule has 3 rings (SSSR count). The molecule has 1 N–H and O–H groups in total. The zero-order valence-corrected chi connectivity index (χ0v) is 12.1. The van der Waals surface area contributed by atoms with Crippen molar-refractivity contribution in [3.63, 3.8) is 0 Å². The molecule has 2 aliphatic rings. The van der Waals surface area contributed by atoms with Crippen LogP contribution in [0.4, 0.5) is 4.39 Å². The van der Waals surface area contributed by atoms with Crippen LogP contribution >= 0.6 is 0 Å². The maximum Gasteiger partial charge on any atom is 0.146 e. The van der Waals surface area contributed by atoms with E-state index in [0.717, 1.165) is 38.8 Å². The second-order valence-electron chi connectivity index (χ2n) is 6.04. The first kappa shape index (κ1) is 14.0. The molecule has 2 heterocycles. The van der Waals surface area contributed by atoms with Gasteiger partial charge in [0.15, 0.2) is 0 Å². The Labute approximate surface area is 119 Å². The van der Waals surface area contributed by atoms with E-state index in [2.05, 4.69) is 17.2 Å². The Balaban J connectivity index is 1.81. The van der Waals surface area contributed by atoms with Crippen LogP contribution in [-0.2, 0) is 4.74 Å². The molecule has 2 atom stereocenters. The van der Waals surface area contributed by atoms with Crippen LogP contribution in [0.15, 0.2) is 18.3 Å². The van der Waals surface area contributed by atoms with Gasteiger partial charge in [-0.1, -0.05) is 6.92 Å². The lowest BCUT2D eigenvalue weighted by molar-refractivity contribution is -0.147. The Morgan fingerprint density at radius 3 is 3.05 bits per heavy atom. The molecule has 1 saturated heterocycles. The van der Waals surface area contributed by atoms with Gasteiger partial charge in [-0.15, -0.1) is 0 Å². The van der Waals surface area contributed by atoms with Crippen molar-refractivity contribution in [3.05, 3.63) is 29.8 Å². The molecule has 0 amide bonds. The first-order valence-electron chi connectivity index (χ1n) is 7.72. The molecule has 2 fully saturated rings. The molecule has 1 saturated carbocycles. The molecule has 110 valence electrons. The van der Waals surface area contributed by atoms with E-state index in [-0.39, 0.29) is 17.5 Å². The molecule has 1 aromatic heterocycles.